The summed E-state index contributed by atoms with van der Waals surface area (Å²) in [6, 6.07) is 18.6. The van der Waals surface area contributed by atoms with Crippen LogP contribution in [0.15, 0.2) is 132 Å². The molecule has 0 spiro atoms. The first kappa shape index (κ1) is 50.5. The average Bonchev–Trinajstić information content (AvgIpc) is 3.66. The summed E-state index contributed by atoms with van der Waals surface area (Å²) in [5, 5.41) is 5.10. The van der Waals surface area contributed by atoms with E-state index < -0.39 is 0 Å². The van der Waals surface area contributed by atoms with Crippen molar-refractivity contribution in [2.24, 2.45) is 10.8 Å². The highest BCUT2D eigenvalue weighted by atomic mass is 16.3. The molecule has 2 aliphatic rings. The number of furan rings is 1. The Bertz CT molecular complexity index is 2490. The number of nitrogens with zero attached hydrogens (tertiary/aromatic N) is 1. The number of rotatable bonds is 17. The van der Waals surface area contributed by atoms with Crippen molar-refractivity contribution in [3.05, 3.63) is 161 Å². The van der Waals surface area contributed by atoms with Crippen LogP contribution in [0.5, 0.6) is 0 Å². The van der Waals surface area contributed by atoms with Crippen LogP contribution in [-0.4, -0.2) is 19.9 Å². The Hall–Kier alpha value is -4.96. The van der Waals surface area contributed by atoms with Gasteiger partial charge >= 0.3 is 0 Å². The van der Waals surface area contributed by atoms with Gasteiger partial charge in [0.05, 0.1) is 5.66 Å². The van der Waals surface area contributed by atoms with Crippen molar-refractivity contribution in [3.63, 3.8) is 0 Å². The normalized spacial score (nSPS) is 19.8. The minimum atomic E-state index is -0.00207. The zero-order valence-electron chi connectivity index (χ0n) is 43.4. The van der Waals surface area contributed by atoms with Crippen molar-refractivity contribution >= 4 is 46.8 Å². The smallest absolute Gasteiger partial charge is 0.243 e. The van der Waals surface area contributed by atoms with Gasteiger partial charge in [-0.1, -0.05) is 162 Å². The molecule has 66 heavy (non-hydrogen) atoms. The zero-order chi connectivity index (χ0) is 48.2. The minimum absolute atomic E-state index is 0.00207. The van der Waals surface area contributed by atoms with E-state index >= 15 is 0 Å². The molecule has 1 N–H and O–H groups in total. The number of benzene rings is 3. The van der Waals surface area contributed by atoms with Crippen molar-refractivity contribution in [3.8, 4) is 0 Å². The Balaban J connectivity index is 1.53. The van der Waals surface area contributed by atoms with Crippen LogP contribution < -0.4 is 21.3 Å². The molecule has 2 unspecified atom stereocenters. The number of anilines is 2. The maximum Gasteiger partial charge on any atom is 0.243 e. The molecule has 0 amide bonds. The molecular weight excluding hydrogens is 800 g/mol. The Morgan fingerprint density at radius 3 is 2.09 bits per heavy atom. The number of nitrogens with one attached hydrogen (secondary N) is 1. The molecule has 0 bridgehead atoms. The lowest BCUT2D eigenvalue weighted by molar-refractivity contribution is 0.259. The van der Waals surface area contributed by atoms with Gasteiger partial charge in [0.25, 0.3) is 0 Å². The highest BCUT2D eigenvalue weighted by Crippen LogP contribution is 2.52. The van der Waals surface area contributed by atoms with E-state index in [0.29, 0.717) is 11.8 Å². The molecule has 349 valence electrons. The number of hydrogen-bond donors (Lipinski definition) is 1. The van der Waals surface area contributed by atoms with Gasteiger partial charge in [0.15, 0.2) is 0 Å². The Kier molecular flexibility index (Phi) is 15.7. The molecule has 0 aliphatic heterocycles. The third kappa shape index (κ3) is 11.2. The average molecular weight is 882 g/mol. The lowest BCUT2D eigenvalue weighted by Crippen LogP contribution is -2.35. The van der Waals surface area contributed by atoms with Gasteiger partial charge in [0, 0.05) is 35.5 Å². The van der Waals surface area contributed by atoms with E-state index in [1.807, 2.05) is 18.2 Å². The largest absolute Gasteiger partial charge is 0.472 e. The number of hydrogen-bond acceptors (Lipinski definition) is 3. The molecule has 1 fully saturated rings. The molecule has 2 atom stereocenters. The minimum Gasteiger partial charge on any atom is -0.472 e. The van der Waals surface area contributed by atoms with Crippen molar-refractivity contribution in [1.82, 2.24) is 0 Å². The third-order valence-corrected chi connectivity index (χ3v) is 15.1. The van der Waals surface area contributed by atoms with Gasteiger partial charge in [-0.15, -0.1) is 6.58 Å². The standard InChI is InChI=1S/C62H82BN2O/c1-17-21-22-23-25-45-27-26-43(7)36-55(45)64-47(24-18-2)28-34-65(35-29-51-50(20-4)59(9,10)30-31-60(51,11)12)56-40-48(42(5)6)49(44(8)19-3)39-54(56)63-58-38-46-37-52-53(41-57(46)66-58)62(15,16)33-32-61(52,13)14/h17-18,20-23,25-29,34,36-42,44,47,64H,1-2,19,24,30-33,35H2,3-16H3/b22-21-,25-23+,34-28+,50-20+,51-29+. The van der Waals surface area contributed by atoms with Crippen molar-refractivity contribution < 1.29 is 4.42 Å². The summed E-state index contributed by atoms with van der Waals surface area (Å²) in [6.07, 6.45) is 28.1. The predicted octanol–water partition coefficient (Wildman–Crippen LogP) is 16.2. The summed E-state index contributed by atoms with van der Waals surface area (Å²) in [6.45, 7) is 41.8. The summed E-state index contributed by atoms with van der Waals surface area (Å²) < 4.78 is 6.88. The summed E-state index contributed by atoms with van der Waals surface area (Å²) in [5.41, 5.74) is 16.7. The van der Waals surface area contributed by atoms with Gasteiger partial charge in [-0.05, 0) is 167 Å². The van der Waals surface area contributed by atoms with Gasteiger partial charge in [-0.3, -0.25) is 0 Å². The van der Waals surface area contributed by atoms with Crippen LogP contribution in [0.3, 0.4) is 0 Å². The van der Waals surface area contributed by atoms with Crippen LogP contribution in [-0.2, 0) is 10.8 Å². The fourth-order valence-electron chi connectivity index (χ4n) is 10.5. The van der Waals surface area contributed by atoms with Crippen LogP contribution in [0.25, 0.3) is 17.0 Å². The molecule has 1 saturated carbocycles. The molecular formula is C62H82BN2O. The molecule has 4 aromatic rings. The quantitative estimate of drug-likeness (QED) is 0.0651. The van der Waals surface area contributed by atoms with Crippen LogP contribution >= 0.6 is 0 Å². The van der Waals surface area contributed by atoms with Crippen molar-refractivity contribution in [2.75, 3.05) is 16.8 Å². The Morgan fingerprint density at radius 1 is 0.788 bits per heavy atom. The molecule has 1 radical (unpaired) electrons. The fourth-order valence-corrected chi connectivity index (χ4v) is 10.5. The zero-order valence-corrected chi connectivity index (χ0v) is 43.4. The molecule has 1 aromatic heterocycles. The van der Waals surface area contributed by atoms with E-state index in [2.05, 4.69) is 213 Å². The monoisotopic (exact) mass is 882 g/mol. The van der Waals surface area contributed by atoms with Crippen LogP contribution in [0.1, 0.15) is 174 Å². The third-order valence-electron chi connectivity index (χ3n) is 15.1. The lowest BCUT2D eigenvalue weighted by atomic mass is 9.60. The fraction of sp³-hybridized carbons (Fsp3) is 0.452. The summed E-state index contributed by atoms with van der Waals surface area (Å²) in [4.78, 5) is 2.50. The molecule has 6 rings (SSSR count). The van der Waals surface area contributed by atoms with E-state index in [9.17, 15) is 0 Å². The van der Waals surface area contributed by atoms with Gasteiger partial charge < -0.3 is 14.6 Å². The molecule has 1 heterocycles. The second kappa shape index (κ2) is 20.5. The predicted molar refractivity (Wildman–Crippen MR) is 293 cm³/mol. The summed E-state index contributed by atoms with van der Waals surface area (Å²) in [5.74, 6) is 0.766. The lowest BCUT2D eigenvalue weighted by Gasteiger charge is -2.44. The van der Waals surface area contributed by atoms with E-state index in [1.165, 1.54) is 74.8 Å². The molecule has 3 nitrogen and oxygen atoms in total. The Labute approximate surface area is 402 Å². The van der Waals surface area contributed by atoms with Gasteiger partial charge in [-0.25, -0.2) is 0 Å². The van der Waals surface area contributed by atoms with Crippen LogP contribution in [0.2, 0.25) is 0 Å². The first-order valence-corrected chi connectivity index (χ1v) is 25.0. The summed E-state index contributed by atoms with van der Waals surface area (Å²) in [7, 11) is 2.31. The first-order valence-electron chi connectivity index (χ1n) is 25.0. The van der Waals surface area contributed by atoms with Gasteiger partial charge in [-0.2, -0.15) is 0 Å². The van der Waals surface area contributed by atoms with E-state index in [1.54, 1.807) is 6.08 Å². The van der Waals surface area contributed by atoms with Gasteiger partial charge in [0.2, 0.25) is 7.28 Å². The molecule has 0 saturated heterocycles. The van der Waals surface area contributed by atoms with Gasteiger partial charge in [0.1, 0.15) is 5.58 Å². The maximum absolute atomic E-state index is 6.88. The van der Waals surface area contributed by atoms with E-state index in [-0.39, 0.29) is 27.7 Å². The second-order valence-electron chi connectivity index (χ2n) is 22.4. The topological polar surface area (TPSA) is 28.4 Å². The highest BCUT2D eigenvalue weighted by molar-refractivity contribution is 6.68. The van der Waals surface area contributed by atoms with Crippen molar-refractivity contribution in [2.45, 2.75) is 164 Å². The second-order valence-corrected chi connectivity index (χ2v) is 22.4. The summed E-state index contributed by atoms with van der Waals surface area (Å²) >= 11 is 0. The highest BCUT2D eigenvalue weighted by Gasteiger charge is 2.40. The Morgan fingerprint density at radius 2 is 1.45 bits per heavy atom. The molecule has 2 aliphatic carbocycles. The van der Waals surface area contributed by atoms with E-state index in [4.69, 9.17) is 4.42 Å². The SMILES string of the molecule is C=C/C=C\C=C\c1ccc(C)cc1NC(/C=C/N(C/C=C1\C(=C/C)C(C)(C)CCC1(C)C)c1cc(C(C)C)c(C(C)CC)cc1[B]c1cc2cc3c(cc2o1)C(C)(C)CCC3(C)C)CC=C. The number of allylic oxidation sites excluding steroid dienone is 7. The number of fused-ring (bicyclic) bond motifs is 2. The van der Waals surface area contributed by atoms with Crippen LogP contribution in [0.4, 0.5) is 11.4 Å². The van der Waals surface area contributed by atoms with Crippen LogP contribution in [0, 0.1) is 17.8 Å². The first-order chi connectivity index (χ1) is 31.1. The van der Waals surface area contributed by atoms with Crippen molar-refractivity contribution in [1.29, 1.82) is 0 Å². The molecule has 3 aromatic carbocycles. The maximum atomic E-state index is 6.88. The molecule has 4 heteroatoms. The number of aryl methyl sites for hydroxylation is 1. The van der Waals surface area contributed by atoms with E-state index in [0.717, 1.165) is 48.3 Å².